The molecule has 1 aromatic heterocycles. The van der Waals surface area contributed by atoms with E-state index in [1.165, 1.54) is 0 Å². The number of hydrogen-bond acceptors (Lipinski definition) is 4. The summed E-state index contributed by atoms with van der Waals surface area (Å²) < 4.78 is 13.5. The van der Waals surface area contributed by atoms with E-state index >= 15 is 0 Å². The second-order valence-electron chi connectivity index (χ2n) is 5.34. The van der Waals surface area contributed by atoms with Crippen LogP contribution in [0.3, 0.4) is 0 Å². The van der Waals surface area contributed by atoms with Crippen LogP contribution in [-0.4, -0.2) is 43.2 Å². The van der Waals surface area contributed by atoms with Crippen molar-refractivity contribution < 1.29 is 14.3 Å². The molecule has 0 fully saturated rings. The van der Waals surface area contributed by atoms with Crippen LogP contribution < -0.4 is 4.74 Å². The maximum atomic E-state index is 12.5. The number of carbonyl (C=O) groups is 1. The number of fused-ring (bicyclic) bond motifs is 1. The van der Waals surface area contributed by atoms with E-state index in [-0.39, 0.29) is 5.97 Å². The lowest BCUT2D eigenvalue weighted by Crippen LogP contribution is -2.17. The molecule has 0 bridgehead atoms. The first-order valence-corrected chi connectivity index (χ1v) is 7.86. The smallest absolute Gasteiger partial charge is 0.340 e. The van der Waals surface area contributed by atoms with Crippen molar-refractivity contribution in [2.45, 2.75) is 13.5 Å². The van der Waals surface area contributed by atoms with Crippen LogP contribution in [0.5, 0.6) is 5.75 Å². The predicted octanol–water partition coefficient (Wildman–Crippen LogP) is 3.19. The van der Waals surface area contributed by atoms with Crippen molar-refractivity contribution in [3.63, 3.8) is 0 Å². The van der Waals surface area contributed by atoms with Gasteiger partial charge in [0.25, 0.3) is 0 Å². The minimum Gasteiger partial charge on any atom is -0.496 e. The average Bonchev–Trinajstić information content (AvgIpc) is 2.70. The molecule has 0 aliphatic rings. The van der Waals surface area contributed by atoms with Crippen molar-refractivity contribution >= 4 is 32.8 Å². The molecule has 2 aromatic rings. The SMILES string of the molecule is CCOC(=O)c1c(CN(C)C)n(C)c2cc(Br)c(OC)cc12. The van der Waals surface area contributed by atoms with Gasteiger partial charge < -0.3 is 18.9 Å². The summed E-state index contributed by atoms with van der Waals surface area (Å²) in [4.78, 5) is 14.5. The van der Waals surface area contributed by atoms with E-state index in [1.807, 2.05) is 49.7 Å². The Bertz CT molecular complexity index is 707. The summed E-state index contributed by atoms with van der Waals surface area (Å²) in [7, 11) is 7.52. The Morgan fingerprint density at radius 3 is 2.59 bits per heavy atom. The van der Waals surface area contributed by atoms with Gasteiger partial charge in [0.05, 0.1) is 29.3 Å². The van der Waals surface area contributed by atoms with Gasteiger partial charge in [0, 0.05) is 24.7 Å². The molecule has 0 aliphatic carbocycles. The van der Waals surface area contributed by atoms with Crippen LogP contribution in [0.4, 0.5) is 0 Å². The number of halogens is 1. The van der Waals surface area contributed by atoms with Gasteiger partial charge in [-0.05, 0) is 49.1 Å². The molecule has 120 valence electrons. The highest BCUT2D eigenvalue weighted by Gasteiger charge is 2.23. The molecule has 0 unspecified atom stereocenters. The lowest BCUT2D eigenvalue weighted by atomic mass is 10.1. The van der Waals surface area contributed by atoms with E-state index in [0.29, 0.717) is 24.5 Å². The first kappa shape index (κ1) is 16.8. The van der Waals surface area contributed by atoms with Crippen molar-refractivity contribution in [1.29, 1.82) is 0 Å². The van der Waals surface area contributed by atoms with Crippen molar-refractivity contribution in [1.82, 2.24) is 9.47 Å². The van der Waals surface area contributed by atoms with E-state index in [0.717, 1.165) is 21.1 Å². The molecule has 0 saturated heterocycles. The molecular formula is C16H21BrN2O3. The Morgan fingerprint density at radius 1 is 1.36 bits per heavy atom. The van der Waals surface area contributed by atoms with E-state index in [4.69, 9.17) is 9.47 Å². The molecule has 0 aliphatic heterocycles. The number of nitrogens with zero attached hydrogens (tertiary/aromatic N) is 2. The summed E-state index contributed by atoms with van der Waals surface area (Å²) in [5.74, 6) is 0.398. The number of esters is 1. The van der Waals surface area contributed by atoms with Crippen LogP contribution in [0.25, 0.3) is 10.9 Å². The van der Waals surface area contributed by atoms with Crippen LogP contribution >= 0.6 is 15.9 Å². The summed E-state index contributed by atoms with van der Waals surface area (Å²) >= 11 is 3.50. The number of aromatic nitrogens is 1. The zero-order chi connectivity index (χ0) is 16.4. The van der Waals surface area contributed by atoms with E-state index < -0.39 is 0 Å². The number of benzene rings is 1. The topological polar surface area (TPSA) is 43.7 Å². The van der Waals surface area contributed by atoms with Gasteiger partial charge in [0.2, 0.25) is 0 Å². The number of methoxy groups -OCH3 is 1. The van der Waals surface area contributed by atoms with E-state index in [1.54, 1.807) is 7.11 Å². The fraction of sp³-hybridized carbons (Fsp3) is 0.438. The molecule has 1 heterocycles. The van der Waals surface area contributed by atoms with Crippen molar-refractivity contribution in [3.8, 4) is 5.75 Å². The lowest BCUT2D eigenvalue weighted by Gasteiger charge is -2.13. The van der Waals surface area contributed by atoms with Gasteiger partial charge in [-0.25, -0.2) is 4.79 Å². The van der Waals surface area contributed by atoms with E-state index in [2.05, 4.69) is 15.9 Å². The predicted molar refractivity (Wildman–Crippen MR) is 90.5 cm³/mol. The van der Waals surface area contributed by atoms with Gasteiger partial charge in [-0.15, -0.1) is 0 Å². The monoisotopic (exact) mass is 368 g/mol. The van der Waals surface area contributed by atoms with Crippen LogP contribution in [0.1, 0.15) is 23.0 Å². The van der Waals surface area contributed by atoms with E-state index in [9.17, 15) is 4.79 Å². The first-order chi connectivity index (χ1) is 10.4. The van der Waals surface area contributed by atoms with Crippen LogP contribution in [0.15, 0.2) is 16.6 Å². The highest BCUT2D eigenvalue weighted by Crippen LogP contribution is 2.35. The molecule has 0 spiro atoms. The summed E-state index contributed by atoms with van der Waals surface area (Å²) in [6, 6.07) is 3.85. The number of aryl methyl sites for hydroxylation is 1. The van der Waals surface area contributed by atoms with Crippen molar-refractivity contribution in [2.75, 3.05) is 27.8 Å². The lowest BCUT2D eigenvalue weighted by molar-refractivity contribution is 0.0526. The molecule has 0 radical (unpaired) electrons. The Hall–Kier alpha value is -1.53. The zero-order valence-electron chi connectivity index (χ0n) is 13.6. The van der Waals surface area contributed by atoms with Gasteiger partial charge in [-0.3, -0.25) is 0 Å². The third-order valence-electron chi connectivity index (χ3n) is 3.54. The van der Waals surface area contributed by atoms with Crippen molar-refractivity contribution in [2.24, 2.45) is 7.05 Å². The molecule has 6 heteroatoms. The fourth-order valence-electron chi connectivity index (χ4n) is 2.56. The molecule has 0 N–H and O–H groups in total. The summed E-state index contributed by atoms with van der Waals surface area (Å²) in [6.07, 6.45) is 0. The molecule has 2 rings (SSSR count). The Kier molecular flexibility index (Phi) is 5.13. The first-order valence-electron chi connectivity index (χ1n) is 7.07. The number of rotatable bonds is 5. The standard InChI is InChI=1S/C16H21BrN2O3/c1-6-22-16(20)15-10-7-14(21-5)11(17)8-12(10)19(4)13(15)9-18(2)3/h7-8H,6,9H2,1-5H3. The Labute approximate surface area is 138 Å². The van der Waals surface area contributed by atoms with Gasteiger partial charge in [0.1, 0.15) is 5.75 Å². The van der Waals surface area contributed by atoms with Gasteiger partial charge in [0.15, 0.2) is 0 Å². The third-order valence-corrected chi connectivity index (χ3v) is 4.16. The highest BCUT2D eigenvalue weighted by molar-refractivity contribution is 9.10. The summed E-state index contributed by atoms with van der Waals surface area (Å²) in [5.41, 5.74) is 2.50. The third kappa shape index (κ3) is 2.98. The summed E-state index contributed by atoms with van der Waals surface area (Å²) in [5, 5.41) is 0.845. The quantitative estimate of drug-likeness (QED) is 0.760. The number of carbonyl (C=O) groups excluding carboxylic acids is 1. The second-order valence-corrected chi connectivity index (χ2v) is 6.20. The summed E-state index contributed by atoms with van der Waals surface area (Å²) in [6.45, 7) is 2.81. The van der Waals surface area contributed by atoms with Gasteiger partial charge in [-0.2, -0.15) is 0 Å². The molecular weight excluding hydrogens is 348 g/mol. The zero-order valence-corrected chi connectivity index (χ0v) is 15.2. The van der Waals surface area contributed by atoms with Crippen LogP contribution in [0, 0.1) is 0 Å². The highest BCUT2D eigenvalue weighted by atomic mass is 79.9. The molecule has 0 amide bonds. The van der Waals surface area contributed by atoms with Crippen LogP contribution in [0.2, 0.25) is 0 Å². The largest absolute Gasteiger partial charge is 0.496 e. The van der Waals surface area contributed by atoms with Crippen molar-refractivity contribution in [3.05, 3.63) is 27.9 Å². The molecule has 0 atom stereocenters. The molecule has 1 aromatic carbocycles. The second kappa shape index (κ2) is 6.71. The van der Waals surface area contributed by atoms with Crippen LogP contribution in [-0.2, 0) is 18.3 Å². The fourth-order valence-corrected chi connectivity index (χ4v) is 3.05. The minimum atomic E-state index is -0.297. The molecule has 22 heavy (non-hydrogen) atoms. The maximum absolute atomic E-state index is 12.5. The number of hydrogen-bond donors (Lipinski definition) is 0. The van der Waals surface area contributed by atoms with Gasteiger partial charge >= 0.3 is 5.97 Å². The molecule has 0 saturated carbocycles. The maximum Gasteiger partial charge on any atom is 0.340 e. The minimum absolute atomic E-state index is 0.297. The molecule has 5 nitrogen and oxygen atoms in total. The van der Waals surface area contributed by atoms with Gasteiger partial charge in [-0.1, -0.05) is 0 Å². The normalized spacial score (nSPS) is 11.2. The Morgan fingerprint density at radius 2 is 2.05 bits per heavy atom. The average molecular weight is 369 g/mol. The Balaban J connectivity index is 2.77. The number of ether oxygens (including phenoxy) is 2.